The molecule has 0 amide bonds. The van der Waals surface area contributed by atoms with E-state index in [0.29, 0.717) is 11.0 Å². The summed E-state index contributed by atoms with van der Waals surface area (Å²) in [6.45, 7) is 3.83. The molecule has 6 heteroatoms. The van der Waals surface area contributed by atoms with Gasteiger partial charge in [0.05, 0.1) is 20.6 Å². The van der Waals surface area contributed by atoms with E-state index in [4.69, 9.17) is 4.55 Å². The number of unbranched alkanes of at least 4 members (excludes halogenated alkanes) is 6. The van der Waals surface area contributed by atoms with Crippen LogP contribution in [0.25, 0.3) is 0 Å². The Morgan fingerprint density at radius 3 is 2.00 bits per heavy atom. The van der Waals surface area contributed by atoms with Crippen LogP contribution in [0.5, 0.6) is 0 Å². The van der Waals surface area contributed by atoms with Crippen molar-refractivity contribution in [2.75, 3.05) is 33.8 Å². The lowest BCUT2D eigenvalue weighted by Crippen LogP contribution is -2.43. The molecule has 0 aliphatic heterocycles. The van der Waals surface area contributed by atoms with E-state index in [9.17, 15) is 8.42 Å². The third kappa shape index (κ3) is 14.1. The van der Waals surface area contributed by atoms with Crippen molar-refractivity contribution in [2.45, 2.75) is 51.9 Å². The van der Waals surface area contributed by atoms with Crippen molar-refractivity contribution in [1.29, 1.82) is 0 Å². The average Bonchev–Trinajstić information content (AvgIpc) is 2.25. The van der Waals surface area contributed by atoms with E-state index in [-0.39, 0.29) is 6.61 Å². The molecule has 116 valence electrons. The largest absolute Gasteiger partial charge is 0.397 e. The van der Waals surface area contributed by atoms with Crippen LogP contribution in [0.15, 0.2) is 0 Å². The van der Waals surface area contributed by atoms with Crippen molar-refractivity contribution in [1.82, 2.24) is 0 Å². The van der Waals surface area contributed by atoms with Gasteiger partial charge in [-0.25, -0.2) is 4.18 Å². The summed E-state index contributed by atoms with van der Waals surface area (Å²) in [5.41, 5.74) is 0. The quantitative estimate of drug-likeness (QED) is 0.341. The van der Waals surface area contributed by atoms with Crippen molar-refractivity contribution in [3.05, 3.63) is 0 Å². The van der Waals surface area contributed by atoms with Gasteiger partial charge in [0.1, 0.15) is 13.2 Å². The van der Waals surface area contributed by atoms with Crippen molar-refractivity contribution in [3.63, 3.8) is 0 Å². The first-order chi connectivity index (χ1) is 8.77. The summed E-state index contributed by atoms with van der Waals surface area (Å²) in [7, 11) is -0.202. The van der Waals surface area contributed by atoms with Gasteiger partial charge >= 0.3 is 10.4 Å². The molecule has 0 rings (SSSR count). The van der Waals surface area contributed by atoms with E-state index in [0.717, 1.165) is 13.0 Å². The van der Waals surface area contributed by atoms with E-state index in [1.807, 2.05) is 14.1 Å². The van der Waals surface area contributed by atoms with Gasteiger partial charge in [0.15, 0.2) is 0 Å². The molecule has 0 aromatic rings. The van der Waals surface area contributed by atoms with Gasteiger partial charge < -0.3 is 4.48 Å². The Morgan fingerprint density at radius 2 is 1.47 bits per heavy atom. The van der Waals surface area contributed by atoms with Gasteiger partial charge in [0.25, 0.3) is 0 Å². The highest BCUT2D eigenvalue weighted by Crippen LogP contribution is 2.09. The molecular weight excluding hydrogens is 266 g/mol. The van der Waals surface area contributed by atoms with Crippen molar-refractivity contribution in [2.24, 2.45) is 0 Å². The molecule has 0 saturated heterocycles. The van der Waals surface area contributed by atoms with Crippen LogP contribution in [0, 0.1) is 0 Å². The van der Waals surface area contributed by atoms with Gasteiger partial charge in [-0.15, -0.1) is 0 Å². The lowest BCUT2D eigenvalue weighted by molar-refractivity contribution is -0.890. The third-order valence-corrected chi connectivity index (χ3v) is 3.76. The van der Waals surface area contributed by atoms with Gasteiger partial charge in [-0.05, 0) is 12.8 Å². The predicted molar refractivity (Wildman–Crippen MR) is 77.3 cm³/mol. The third-order valence-electron chi connectivity index (χ3n) is 3.30. The number of hydrogen-bond acceptors (Lipinski definition) is 3. The van der Waals surface area contributed by atoms with Crippen molar-refractivity contribution in [3.8, 4) is 0 Å². The summed E-state index contributed by atoms with van der Waals surface area (Å²) in [6.07, 6.45) is 8.90. The molecule has 0 fully saturated rings. The van der Waals surface area contributed by atoms with Crippen molar-refractivity contribution < 1.29 is 21.6 Å². The van der Waals surface area contributed by atoms with Crippen LogP contribution >= 0.6 is 0 Å². The number of rotatable bonds is 12. The predicted octanol–water partition coefficient (Wildman–Crippen LogP) is 2.63. The lowest BCUT2D eigenvalue weighted by atomic mass is 10.1. The highest BCUT2D eigenvalue weighted by Gasteiger charge is 2.16. The minimum Gasteiger partial charge on any atom is -0.327 e. The van der Waals surface area contributed by atoms with Crippen LogP contribution in [0.3, 0.4) is 0 Å². The first-order valence-corrected chi connectivity index (χ1v) is 8.57. The summed E-state index contributed by atoms with van der Waals surface area (Å²) >= 11 is 0. The fourth-order valence-corrected chi connectivity index (χ4v) is 2.28. The second-order valence-electron chi connectivity index (χ2n) is 5.75. The van der Waals surface area contributed by atoms with Gasteiger partial charge in [-0.3, -0.25) is 4.55 Å². The van der Waals surface area contributed by atoms with Crippen LogP contribution in [-0.2, 0) is 14.6 Å². The van der Waals surface area contributed by atoms with Crippen molar-refractivity contribution >= 4 is 10.4 Å². The molecule has 19 heavy (non-hydrogen) atoms. The zero-order chi connectivity index (χ0) is 14.8. The molecule has 0 aliphatic carbocycles. The highest BCUT2D eigenvalue weighted by atomic mass is 32.3. The average molecular weight is 296 g/mol. The van der Waals surface area contributed by atoms with Crippen LogP contribution in [0.4, 0.5) is 0 Å². The Labute approximate surface area is 118 Å². The van der Waals surface area contributed by atoms with Crippen LogP contribution < -0.4 is 0 Å². The molecule has 0 unspecified atom stereocenters. The number of likely N-dealkylation sites (N-methyl/N-ethyl adjacent to an activating group) is 1. The topological polar surface area (TPSA) is 63.6 Å². The Hall–Kier alpha value is -0.170. The van der Waals surface area contributed by atoms with E-state index < -0.39 is 10.4 Å². The zero-order valence-corrected chi connectivity index (χ0v) is 13.4. The SMILES string of the molecule is CCCCCCCCC[N+](C)(C)CCOS(=O)(=O)O. The molecule has 0 aliphatic rings. The monoisotopic (exact) mass is 296 g/mol. The number of quaternary nitrogens is 1. The second kappa shape index (κ2) is 9.69. The number of nitrogens with zero attached hydrogens (tertiary/aromatic N) is 1. The summed E-state index contributed by atoms with van der Waals surface area (Å²) in [4.78, 5) is 0. The maximum atomic E-state index is 10.4. The zero-order valence-electron chi connectivity index (χ0n) is 12.6. The van der Waals surface area contributed by atoms with Gasteiger partial charge in [0.2, 0.25) is 0 Å². The van der Waals surface area contributed by atoms with E-state index in [2.05, 4.69) is 11.1 Å². The first kappa shape index (κ1) is 18.8. The molecular formula is C13H30NO4S+. The minimum atomic E-state index is -4.29. The summed E-state index contributed by atoms with van der Waals surface area (Å²) in [5, 5.41) is 0. The number of hydrogen-bond donors (Lipinski definition) is 1. The summed E-state index contributed by atoms with van der Waals surface area (Å²) < 4.78 is 34.4. The Kier molecular flexibility index (Phi) is 9.60. The van der Waals surface area contributed by atoms with E-state index >= 15 is 0 Å². The molecule has 0 aromatic carbocycles. The molecule has 0 heterocycles. The fourth-order valence-electron chi connectivity index (χ4n) is 2.00. The standard InChI is InChI=1S/C13H29NO4S/c1-4-5-6-7-8-9-10-11-14(2,3)12-13-18-19(15,16)17/h4-13H2,1-3H3/p+1. The lowest BCUT2D eigenvalue weighted by Gasteiger charge is -2.29. The molecule has 5 nitrogen and oxygen atoms in total. The maximum absolute atomic E-state index is 10.4. The summed E-state index contributed by atoms with van der Waals surface area (Å²) in [6, 6.07) is 0. The summed E-state index contributed by atoms with van der Waals surface area (Å²) in [5.74, 6) is 0. The Bertz CT molecular complexity index is 315. The molecule has 1 N–H and O–H groups in total. The molecule has 0 atom stereocenters. The van der Waals surface area contributed by atoms with E-state index in [1.54, 1.807) is 0 Å². The normalized spacial score (nSPS) is 12.8. The Balaban J connectivity index is 3.56. The Morgan fingerprint density at radius 1 is 0.947 bits per heavy atom. The molecule has 0 spiro atoms. The van der Waals surface area contributed by atoms with Crippen LogP contribution in [0.2, 0.25) is 0 Å². The minimum absolute atomic E-state index is 0.0301. The van der Waals surface area contributed by atoms with Gasteiger partial charge in [-0.2, -0.15) is 8.42 Å². The molecule has 0 aromatic heterocycles. The molecule has 0 saturated carbocycles. The maximum Gasteiger partial charge on any atom is 0.397 e. The van der Waals surface area contributed by atoms with E-state index in [1.165, 1.54) is 38.5 Å². The second-order valence-corrected chi connectivity index (χ2v) is 6.85. The van der Waals surface area contributed by atoms with Crippen LogP contribution in [-0.4, -0.2) is 51.2 Å². The van der Waals surface area contributed by atoms with Gasteiger partial charge in [0, 0.05) is 0 Å². The van der Waals surface area contributed by atoms with Gasteiger partial charge in [-0.1, -0.05) is 39.0 Å². The molecule has 0 radical (unpaired) electrons. The highest BCUT2D eigenvalue weighted by molar-refractivity contribution is 7.80. The van der Waals surface area contributed by atoms with Crippen LogP contribution in [0.1, 0.15) is 51.9 Å². The molecule has 0 bridgehead atoms. The fraction of sp³-hybridized carbons (Fsp3) is 1.00. The smallest absolute Gasteiger partial charge is 0.327 e. The first-order valence-electron chi connectivity index (χ1n) is 7.21.